The maximum Gasteiger partial charge on any atom is 0.191 e. The normalized spacial score (nSPS) is 20.7. The highest BCUT2D eigenvalue weighted by Crippen LogP contribution is 2.49. The zero-order valence-corrected chi connectivity index (χ0v) is 15.9. The number of guanidine groups is 1. The number of nitrogens with zero attached hydrogens (tertiary/aromatic N) is 2. The molecule has 2 N–H and O–H groups in total. The lowest BCUT2D eigenvalue weighted by Gasteiger charge is -2.27. The maximum atomic E-state index is 5.38. The number of hydrogen-bond donors (Lipinski definition) is 2. The molecule has 1 heterocycles. The van der Waals surface area contributed by atoms with E-state index in [0.717, 1.165) is 51.9 Å². The van der Waals surface area contributed by atoms with Crippen LogP contribution < -0.4 is 10.6 Å². The largest absolute Gasteiger partial charge is 0.379 e. The van der Waals surface area contributed by atoms with E-state index in [1.54, 1.807) is 0 Å². The molecular formula is C18H27BrN4O. The van der Waals surface area contributed by atoms with Gasteiger partial charge in [-0.1, -0.05) is 34.1 Å². The molecule has 1 saturated carbocycles. The van der Waals surface area contributed by atoms with Crippen molar-refractivity contribution in [2.75, 3.05) is 53.0 Å². The predicted octanol–water partition coefficient (Wildman–Crippen LogP) is 1.98. The molecule has 1 aromatic rings. The Labute approximate surface area is 153 Å². The summed E-state index contributed by atoms with van der Waals surface area (Å²) in [5, 5.41) is 6.94. The number of halogens is 1. The first-order valence-electron chi connectivity index (χ1n) is 8.73. The van der Waals surface area contributed by atoms with Crippen molar-refractivity contribution in [3.05, 3.63) is 34.3 Å². The average molecular weight is 395 g/mol. The Balaban J connectivity index is 1.45. The summed E-state index contributed by atoms with van der Waals surface area (Å²) in [6.07, 6.45) is 2.46. The molecule has 0 bridgehead atoms. The van der Waals surface area contributed by atoms with Crippen LogP contribution >= 0.6 is 15.9 Å². The Bertz CT molecular complexity index is 568. The number of morpholine rings is 1. The number of rotatable bonds is 6. The quantitative estimate of drug-likeness (QED) is 0.571. The molecule has 0 radical (unpaired) electrons. The van der Waals surface area contributed by atoms with Crippen molar-refractivity contribution in [2.45, 2.75) is 18.3 Å². The van der Waals surface area contributed by atoms with Gasteiger partial charge in [-0.15, -0.1) is 0 Å². The van der Waals surface area contributed by atoms with Gasteiger partial charge in [-0.2, -0.15) is 0 Å². The van der Waals surface area contributed by atoms with Gasteiger partial charge in [0.1, 0.15) is 0 Å². The van der Waals surface area contributed by atoms with Gasteiger partial charge >= 0.3 is 0 Å². The summed E-state index contributed by atoms with van der Waals surface area (Å²) >= 11 is 3.69. The van der Waals surface area contributed by atoms with Crippen LogP contribution in [0.25, 0.3) is 0 Å². The van der Waals surface area contributed by atoms with Gasteiger partial charge in [0.25, 0.3) is 0 Å². The minimum atomic E-state index is 0.252. The van der Waals surface area contributed by atoms with E-state index in [2.05, 4.69) is 60.7 Å². The van der Waals surface area contributed by atoms with Crippen LogP contribution in [0, 0.1) is 0 Å². The van der Waals surface area contributed by atoms with E-state index in [1.807, 2.05) is 7.05 Å². The van der Waals surface area contributed by atoms with Gasteiger partial charge in [-0.05, 0) is 24.5 Å². The van der Waals surface area contributed by atoms with Gasteiger partial charge in [0.05, 0.1) is 13.2 Å². The van der Waals surface area contributed by atoms with Crippen LogP contribution in [-0.2, 0) is 10.2 Å². The molecule has 5 nitrogen and oxygen atoms in total. The lowest BCUT2D eigenvalue weighted by molar-refractivity contribution is 0.0389. The number of benzene rings is 1. The van der Waals surface area contributed by atoms with Crippen molar-refractivity contribution in [1.29, 1.82) is 0 Å². The van der Waals surface area contributed by atoms with Crippen molar-refractivity contribution in [3.8, 4) is 0 Å². The van der Waals surface area contributed by atoms with E-state index in [-0.39, 0.29) is 5.41 Å². The Hall–Kier alpha value is -1.11. The average Bonchev–Trinajstić information content (AvgIpc) is 3.40. The van der Waals surface area contributed by atoms with Crippen LogP contribution in [0.3, 0.4) is 0 Å². The third kappa shape index (κ3) is 4.49. The van der Waals surface area contributed by atoms with Crippen molar-refractivity contribution in [2.24, 2.45) is 4.99 Å². The molecule has 1 aliphatic carbocycles. The van der Waals surface area contributed by atoms with Crippen molar-refractivity contribution < 1.29 is 4.74 Å². The lowest BCUT2D eigenvalue weighted by Crippen LogP contribution is -2.45. The van der Waals surface area contributed by atoms with Crippen molar-refractivity contribution in [3.63, 3.8) is 0 Å². The number of hydrogen-bond acceptors (Lipinski definition) is 3. The molecular weight excluding hydrogens is 368 g/mol. The fraction of sp³-hybridized carbons (Fsp3) is 0.611. The zero-order valence-electron chi connectivity index (χ0n) is 14.4. The molecule has 0 amide bonds. The van der Waals surface area contributed by atoms with E-state index < -0.39 is 0 Å². The first-order chi connectivity index (χ1) is 11.7. The predicted molar refractivity (Wildman–Crippen MR) is 102 cm³/mol. The van der Waals surface area contributed by atoms with Crippen molar-refractivity contribution in [1.82, 2.24) is 15.5 Å². The first kappa shape index (κ1) is 17.7. The summed E-state index contributed by atoms with van der Waals surface area (Å²) in [7, 11) is 1.84. The van der Waals surface area contributed by atoms with Gasteiger partial charge in [0, 0.05) is 49.7 Å². The summed E-state index contributed by atoms with van der Waals surface area (Å²) in [6, 6.07) is 8.55. The monoisotopic (exact) mass is 394 g/mol. The Morgan fingerprint density at radius 2 is 2.00 bits per heavy atom. The minimum absolute atomic E-state index is 0.252. The maximum absolute atomic E-state index is 5.38. The highest BCUT2D eigenvalue weighted by Gasteiger charge is 2.45. The second-order valence-electron chi connectivity index (χ2n) is 6.57. The summed E-state index contributed by atoms with van der Waals surface area (Å²) < 4.78 is 6.59. The Morgan fingerprint density at radius 1 is 1.25 bits per heavy atom. The number of aliphatic imine (C=N–C) groups is 1. The molecule has 24 heavy (non-hydrogen) atoms. The van der Waals surface area contributed by atoms with E-state index in [0.29, 0.717) is 0 Å². The fourth-order valence-corrected chi connectivity index (χ4v) is 3.92. The smallest absolute Gasteiger partial charge is 0.191 e. The molecule has 132 valence electrons. The van der Waals surface area contributed by atoms with Crippen LogP contribution in [-0.4, -0.2) is 63.8 Å². The highest BCUT2D eigenvalue weighted by molar-refractivity contribution is 9.10. The van der Waals surface area contributed by atoms with Crippen molar-refractivity contribution >= 4 is 21.9 Å². The Kier molecular flexibility index (Phi) is 6.14. The van der Waals surface area contributed by atoms with Gasteiger partial charge < -0.3 is 15.4 Å². The minimum Gasteiger partial charge on any atom is -0.379 e. The standard InChI is InChI=1S/C18H27BrN4O/c1-20-17(21-8-9-23-10-12-24-13-11-23)22-14-18(6-7-18)15-4-2-3-5-16(15)19/h2-5H,6-14H2,1H3,(H2,20,21,22). The second kappa shape index (κ2) is 8.32. The van der Waals surface area contributed by atoms with Gasteiger partial charge in [0.15, 0.2) is 5.96 Å². The van der Waals surface area contributed by atoms with Crippen LogP contribution in [0.5, 0.6) is 0 Å². The second-order valence-corrected chi connectivity index (χ2v) is 7.42. The van der Waals surface area contributed by atoms with Gasteiger partial charge in [-0.3, -0.25) is 9.89 Å². The van der Waals surface area contributed by atoms with Gasteiger partial charge in [0.2, 0.25) is 0 Å². The molecule has 2 fully saturated rings. The molecule has 3 rings (SSSR count). The number of ether oxygens (including phenoxy) is 1. The first-order valence-corrected chi connectivity index (χ1v) is 9.52. The van der Waals surface area contributed by atoms with Crippen LogP contribution in [0.4, 0.5) is 0 Å². The number of nitrogens with one attached hydrogen (secondary N) is 2. The molecule has 0 aromatic heterocycles. The summed E-state index contributed by atoms with van der Waals surface area (Å²) in [5.41, 5.74) is 1.66. The van der Waals surface area contributed by atoms with E-state index in [4.69, 9.17) is 4.74 Å². The van der Waals surface area contributed by atoms with Gasteiger partial charge in [-0.25, -0.2) is 0 Å². The van der Waals surface area contributed by atoms with E-state index in [9.17, 15) is 0 Å². The molecule has 1 aromatic carbocycles. The molecule has 0 unspecified atom stereocenters. The fourth-order valence-electron chi connectivity index (χ4n) is 3.21. The zero-order chi connectivity index (χ0) is 16.8. The molecule has 0 atom stereocenters. The summed E-state index contributed by atoms with van der Waals surface area (Å²) in [4.78, 5) is 6.78. The molecule has 1 saturated heterocycles. The topological polar surface area (TPSA) is 48.9 Å². The third-order valence-electron chi connectivity index (χ3n) is 4.94. The molecule has 1 aliphatic heterocycles. The molecule has 2 aliphatic rings. The van der Waals surface area contributed by atoms with Crippen LogP contribution in [0.2, 0.25) is 0 Å². The van der Waals surface area contributed by atoms with E-state index in [1.165, 1.54) is 22.9 Å². The van der Waals surface area contributed by atoms with Crippen LogP contribution in [0.1, 0.15) is 18.4 Å². The molecule has 6 heteroatoms. The molecule has 0 spiro atoms. The van der Waals surface area contributed by atoms with E-state index >= 15 is 0 Å². The SMILES string of the molecule is CN=C(NCCN1CCOCC1)NCC1(c2ccccc2Br)CC1. The summed E-state index contributed by atoms with van der Waals surface area (Å²) in [5.74, 6) is 0.890. The summed E-state index contributed by atoms with van der Waals surface area (Å²) in [6.45, 7) is 6.61. The van der Waals surface area contributed by atoms with Crippen LogP contribution in [0.15, 0.2) is 33.7 Å². The highest BCUT2D eigenvalue weighted by atomic mass is 79.9. The third-order valence-corrected chi connectivity index (χ3v) is 5.63. The Morgan fingerprint density at radius 3 is 2.67 bits per heavy atom. The lowest BCUT2D eigenvalue weighted by atomic mass is 9.96.